The highest BCUT2D eigenvalue weighted by Crippen LogP contribution is 2.32. The van der Waals surface area contributed by atoms with E-state index in [1.807, 2.05) is 37.4 Å². The van der Waals surface area contributed by atoms with Crippen LogP contribution in [0.1, 0.15) is 15.9 Å². The summed E-state index contributed by atoms with van der Waals surface area (Å²) in [6.45, 7) is 2.49. The van der Waals surface area contributed by atoms with Crippen molar-refractivity contribution in [2.45, 2.75) is 6.54 Å². The van der Waals surface area contributed by atoms with Crippen LogP contribution in [-0.4, -0.2) is 61.8 Å². The highest BCUT2D eigenvalue weighted by Gasteiger charge is 2.19. The van der Waals surface area contributed by atoms with Gasteiger partial charge in [0.25, 0.3) is 5.91 Å². The van der Waals surface area contributed by atoms with Crippen LogP contribution in [0, 0.1) is 0 Å². The van der Waals surface area contributed by atoms with E-state index in [0.717, 1.165) is 16.7 Å². The molecule has 0 saturated carbocycles. The van der Waals surface area contributed by atoms with Crippen LogP contribution in [-0.2, 0) is 16.1 Å². The highest BCUT2D eigenvalue weighted by molar-refractivity contribution is 5.95. The number of carbonyl (C=O) groups excluding carboxylic acids is 1. The fourth-order valence-electron chi connectivity index (χ4n) is 3.15. The summed E-state index contributed by atoms with van der Waals surface area (Å²) < 4.78 is 10.8. The van der Waals surface area contributed by atoms with E-state index in [4.69, 9.17) is 14.6 Å². The first-order valence-electron chi connectivity index (χ1n) is 9.18. The predicted octanol–water partition coefficient (Wildman–Crippen LogP) is 2.01. The van der Waals surface area contributed by atoms with E-state index in [-0.39, 0.29) is 5.91 Å². The number of morpholine rings is 1. The van der Waals surface area contributed by atoms with Gasteiger partial charge in [0.15, 0.2) is 6.61 Å². The maximum absolute atomic E-state index is 12.8. The van der Waals surface area contributed by atoms with Gasteiger partial charge in [-0.1, -0.05) is 18.2 Å². The highest BCUT2D eigenvalue weighted by atomic mass is 16.5. The third kappa shape index (κ3) is 4.88. The van der Waals surface area contributed by atoms with Gasteiger partial charge in [0.05, 0.1) is 13.2 Å². The number of benzene rings is 2. The van der Waals surface area contributed by atoms with Gasteiger partial charge >= 0.3 is 5.97 Å². The zero-order valence-electron chi connectivity index (χ0n) is 15.8. The van der Waals surface area contributed by atoms with E-state index < -0.39 is 12.6 Å². The van der Waals surface area contributed by atoms with Gasteiger partial charge in [-0.05, 0) is 42.4 Å². The van der Waals surface area contributed by atoms with E-state index >= 15 is 0 Å². The minimum Gasteiger partial charge on any atom is -0.481 e. The Hall–Kier alpha value is -2.90. The Kier molecular flexibility index (Phi) is 6.62. The first-order valence-corrected chi connectivity index (χ1v) is 9.18. The SMILES string of the molecule is CNCc1ccc(OCC(=O)O)c(-c2cccc(C(=O)N3CCOCC3)c2)c1. The van der Waals surface area contributed by atoms with Gasteiger partial charge in [-0.15, -0.1) is 0 Å². The first-order chi connectivity index (χ1) is 13.6. The maximum atomic E-state index is 12.8. The molecular formula is C21H24N2O5. The summed E-state index contributed by atoms with van der Waals surface area (Å²) in [7, 11) is 1.86. The molecule has 1 saturated heterocycles. The van der Waals surface area contributed by atoms with E-state index in [9.17, 15) is 9.59 Å². The lowest BCUT2D eigenvalue weighted by Crippen LogP contribution is -2.40. The van der Waals surface area contributed by atoms with Crippen molar-refractivity contribution in [1.29, 1.82) is 0 Å². The van der Waals surface area contributed by atoms with Crippen LogP contribution >= 0.6 is 0 Å². The number of nitrogens with zero attached hydrogens (tertiary/aromatic N) is 1. The third-order valence-corrected chi connectivity index (χ3v) is 4.49. The smallest absolute Gasteiger partial charge is 0.341 e. The number of carboxylic acid groups (broad SMARTS) is 1. The summed E-state index contributed by atoms with van der Waals surface area (Å²) in [5, 5.41) is 12.0. The molecule has 0 atom stereocenters. The average molecular weight is 384 g/mol. The summed E-state index contributed by atoms with van der Waals surface area (Å²) in [5.74, 6) is -0.607. The molecule has 1 fully saturated rings. The van der Waals surface area contributed by atoms with Crippen molar-refractivity contribution in [2.75, 3.05) is 40.0 Å². The van der Waals surface area contributed by atoms with E-state index in [1.165, 1.54) is 0 Å². The quantitative estimate of drug-likeness (QED) is 0.759. The van der Waals surface area contributed by atoms with Crippen molar-refractivity contribution in [3.05, 3.63) is 53.6 Å². The van der Waals surface area contributed by atoms with Crippen LogP contribution in [0.5, 0.6) is 5.75 Å². The van der Waals surface area contributed by atoms with Gasteiger partial charge in [0.2, 0.25) is 0 Å². The Balaban J connectivity index is 1.93. The minimum absolute atomic E-state index is 0.0375. The molecule has 0 unspecified atom stereocenters. The molecule has 2 aromatic carbocycles. The van der Waals surface area contributed by atoms with Crippen LogP contribution < -0.4 is 10.1 Å². The number of hydrogen-bond acceptors (Lipinski definition) is 5. The Labute approximate surface area is 163 Å². The first kappa shape index (κ1) is 19.9. The maximum Gasteiger partial charge on any atom is 0.341 e. The molecule has 1 aliphatic heterocycles. The number of carboxylic acids is 1. The van der Waals surface area contributed by atoms with Crippen LogP contribution in [0.3, 0.4) is 0 Å². The lowest BCUT2D eigenvalue weighted by atomic mass is 9.99. The van der Waals surface area contributed by atoms with Crippen LogP contribution in [0.4, 0.5) is 0 Å². The Morgan fingerprint density at radius 1 is 1.18 bits per heavy atom. The number of amides is 1. The molecule has 3 rings (SSSR count). The summed E-state index contributed by atoms with van der Waals surface area (Å²) in [6.07, 6.45) is 0. The lowest BCUT2D eigenvalue weighted by Gasteiger charge is -2.27. The van der Waals surface area contributed by atoms with Crippen LogP contribution in [0.25, 0.3) is 11.1 Å². The van der Waals surface area contributed by atoms with Crippen molar-refractivity contribution in [1.82, 2.24) is 10.2 Å². The Morgan fingerprint density at radius 3 is 2.68 bits per heavy atom. The van der Waals surface area contributed by atoms with Gasteiger partial charge in [-0.25, -0.2) is 4.79 Å². The third-order valence-electron chi connectivity index (χ3n) is 4.49. The van der Waals surface area contributed by atoms with Gasteiger partial charge < -0.3 is 24.8 Å². The van der Waals surface area contributed by atoms with Crippen molar-refractivity contribution in [3.8, 4) is 16.9 Å². The van der Waals surface area contributed by atoms with Crippen LogP contribution in [0.15, 0.2) is 42.5 Å². The zero-order valence-corrected chi connectivity index (χ0v) is 15.8. The molecule has 1 amide bonds. The standard InChI is InChI=1S/C21H24N2O5/c1-22-13-15-5-6-19(28-14-20(24)25)18(11-15)16-3-2-4-17(12-16)21(26)23-7-9-27-10-8-23/h2-6,11-12,22H,7-10,13-14H2,1H3,(H,24,25). The minimum atomic E-state index is -1.04. The largest absolute Gasteiger partial charge is 0.481 e. The van der Waals surface area contributed by atoms with Crippen molar-refractivity contribution in [3.63, 3.8) is 0 Å². The summed E-state index contributed by atoms with van der Waals surface area (Å²) >= 11 is 0. The topological polar surface area (TPSA) is 88.1 Å². The van der Waals surface area contributed by atoms with Crippen molar-refractivity contribution >= 4 is 11.9 Å². The van der Waals surface area contributed by atoms with Gasteiger partial charge in [-0.2, -0.15) is 0 Å². The number of rotatable bonds is 7. The van der Waals surface area contributed by atoms with Gasteiger partial charge in [-0.3, -0.25) is 4.79 Å². The summed E-state index contributed by atoms with van der Waals surface area (Å²) in [4.78, 5) is 25.5. The molecule has 0 aliphatic carbocycles. The number of aliphatic carboxylic acids is 1. The molecule has 7 nitrogen and oxygen atoms in total. The van der Waals surface area contributed by atoms with Crippen LogP contribution in [0.2, 0.25) is 0 Å². The molecule has 1 heterocycles. The van der Waals surface area contributed by atoms with E-state index in [1.54, 1.807) is 17.0 Å². The predicted molar refractivity (Wildman–Crippen MR) is 104 cm³/mol. The molecule has 1 aliphatic rings. The molecule has 0 radical (unpaired) electrons. The number of hydrogen-bond donors (Lipinski definition) is 2. The molecule has 0 aromatic heterocycles. The summed E-state index contributed by atoms with van der Waals surface area (Å²) in [6, 6.07) is 12.9. The second-order valence-corrected chi connectivity index (χ2v) is 6.53. The van der Waals surface area contributed by atoms with Crippen molar-refractivity contribution in [2.24, 2.45) is 0 Å². The molecule has 0 spiro atoms. The second-order valence-electron chi connectivity index (χ2n) is 6.53. The number of carbonyl (C=O) groups is 2. The number of nitrogens with one attached hydrogen (secondary N) is 1. The molecule has 148 valence electrons. The fourth-order valence-corrected chi connectivity index (χ4v) is 3.15. The monoisotopic (exact) mass is 384 g/mol. The molecule has 7 heteroatoms. The number of ether oxygens (including phenoxy) is 2. The van der Waals surface area contributed by atoms with E-state index in [0.29, 0.717) is 44.2 Å². The second kappa shape index (κ2) is 9.34. The lowest BCUT2D eigenvalue weighted by molar-refractivity contribution is -0.139. The molecule has 2 aromatic rings. The Morgan fingerprint density at radius 2 is 1.96 bits per heavy atom. The van der Waals surface area contributed by atoms with Gasteiger partial charge in [0, 0.05) is 30.8 Å². The molecule has 28 heavy (non-hydrogen) atoms. The fraction of sp³-hybridized carbons (Fsp3) is 0.333. The molecular weight excluding hydrogens is 360 g/mol. The summed E-state index contributed by atoms with van der Waals surface area (Å²) in [5.41, 5.74) is 3.18. The van der Waals surface area contributed by atoms with Gasteiger partial charge in [0.1, 0.15) is 5.75 Å². The van der Waals surface area contributed by atoms with E-state index in [2.05, 4.69) is 5.32 Å². The Bertz CT molecular complexity index is 846. The zero-order chi connectivity index (χ0) is 19.9. The molecule has 2 N–H and O–H groups in total. The molecule has 0 bridgehead atoms. The normalized spacial score (nSPS) is 14.0. The van der Waals surface area contributed by atoms with Crippen molar-refractivity contribution < 1.29 is 24.2 Å². The average Bonchev–Trinajstić information content (AvgIpc) is 2.73.